The number of nitrogens with one attached hydrogen (secondary N) is 5. The van der Waals surface area contributed by atoms with E-state index >= 15 is 0 Å². The second-order valence-corrected chi connectivity index (χ2v) is 15.7. The van der Waals surface area contributed by atoms with Crippen molar-refractivity contribution in [2.24, 2.45) is 23.3 Å². The first-order chi connectivity index (χ1) is 27.9. The summed E-state index contributed by atoms with van der Waals surface area (Å²) in [6, 6.07) is 6.24. The lowest BCUT2D eigenvalue weighted by molar-refractivity contribution is -0.135. The van der Waals surface area contributed by atoms with E-state index in [0.29, 0.717) is 42.7 Å². The molecular formula is C41H58N8O10. The Hall–Kier alpha value is -5.75. The SMILES string of the molecule is CC[C@H](C)[C@H](NC(=O)[C@@H]1CCCN1C[C@@H](O)[C@@H]1Cc2ccc(cc2)OCC(=O)N[C@@H](Cc2ccc(O)cc2)C(=O)N[C@@H](CC(N)=O)C(=O)N1)C(=O)N[C@H](C(N)=O)C(C)C. The van der Waals surface area contributed by atoms with Crippen LogP contribution in [0.1, 0.15) is 64.5 Å². The first kappa shape index (κ1) is 45.9. The fourth-order valence-corrected chi connectivity index (χ4v) is 7.16. The van der Waals surface area contributed by atoms with Gasteiger partial charge in [0.25, 0.3) is 5.91 Å². The summed E-state index contributed by atoms with van der Waals surface area (Å²) >= 11 is 0. The van der Waals surface area contributed by atoms with Crippen LogP contribution in [0.3, 0.4) is 0 Å². The quantitative estimate of drug-likeness (QED) is 0.0971. The van der Waals surface area contributed by atoms with Crippen molar-refractivity contribution in [1.29, 1.82) is 0 Å². The molecule has 2 bridgehead atoms. The molecule has 1 saturated heterocycles. The number of hydrogen-bond acceptors (Lipinski definition) is 11. The average molecular weight is 823 g/mol. The molecule has 5 rings (SSSR count). The molecular weight excluding hydrogens is 764 g/mol. The van der Waals surface area contributed by atoms with Gasteiger partial charge in [0.2, 0.25) is 35.4 Å². The van der Waals surface area contributed by atoms with Crippen LogP contribution in [0, 0.1) is 11.8 Å². The molecule has 2 aromatic rings. The van der Waals surface area contributed by atoms with E-state index in [1.54, 1.807) is 55.1 Å². The normalized spacial score (nSPS) is 22.5. The van der Waals surface area contributed by atoms with E-state index in [0.717, 1.165) is 0 Å². The summed E-state index contributed by atoms with van der Waals surface area (Å²) in [5, 5.41) is 35.0. The van der Waals surface area contributed by atoms with E-state index in [1.807, 2.05) is 13.8 Å². The number of likely N-dealkylation sites (tertiary alicyclic amines) is 1. The number of ether oxygens (including phenoxy) is 1. The van der Waals surface area contributed by atoms with Gasteiger partial charge in [0.1, 0.15) is 35.7 Å². The number of β-amino-alcohol motifs (C(OH)–C–C–N with tert-alkyl or cyclic N) is 1. The van der Waals surface area contributed by atoms with Crippen LogP contribution in [0.4, 0.5) is 0 Å². The summed E-state index contributed by atoms with van der Waals surface area (Å²) in [7, 11) is 0. The second kappa shape index (κ2) is 21.3. The smallest absolute Gasteiger partial charge is 0.258 e. The van der Waals surface area contributed by atoms with Crippen LogP contribution in [-0.2, 0) is 46.4 Å². The van der Waals surface area contributed by atoms with Crippen molar-refractivity contribution >= 4 is 41.4 Å². The molecule has 0 radical (unpaired) electrons. The minimum Gasteiger partial charge on any atom is -0.508 e. The highest BCUT2D eigenvalue weighted by atomic mass is 16.5. The number of carbonyl (C=O) groups is 7. The zero-order valence-electron chi connectivity index (χ0n) is 33.9. The number of rotatable bonds is 15. The van der Waals surface area contributed by atoms with E-state index in [1.165, 1.54) is 12.1 Å². The largest absolute Gasteiger partial charge is 0.508 e. The fraction of sp³-hybridized carbons (Fsp3) is 0.537. The summed E-state index contributed by atoms with van der Waals surface area (Å²) < 4.78 is 5.67. The number of nitrogens with two attached hydrogens (primary N) is 2. The Labute approximate surface area is 343 Å². The van der Waals surface area contributed by atoms with Gasteiger partial charge in [0.15, 0.2) is 6.61 Å². The third-order valence-electron chi connectivity index (χ3n) is 10.8. The van der Waals surface area contributed by atoms with Crippen molar-refractivity contribution in [3.8, 4) is 11.5 Å². The number of primary amides is 2. The van der Waals surface area contributed by atoms with Gasteiger partial charge in [-0.15, -0.1) is 0 Å². The summed E-state index contributed by atoms with van der Waals surface area (Å²) in [4.78, 5) is 93.9. The molecule has 1 fully saturated rings. The zero-order valence-corrected chi connectivity index (χ0v) is 33.9. The van der Waals surface area contributed by atoms with Gasteiger partial charge >= 0.3 is 0 Å². The number of benzene rings is 2. The van der Waals surface area contributed by atoms with Crippen LogP contribution in [0.5, 0.6) is 11.5 Å². The number of aliphatic hydroxyl groups is 1. The van der Waals surface area contributed by atoms with Crippen molar-refractivity contribution in [3.05, 3.63) is 59.7 Å². The lowest BCUT2D eigenvalue weighted by atomic mass is 9.96. The lowest BCUT2D eigenvalue weighted by Gasteiger charge is -2.33. The topological polar surface area (TPSA) is 285 Å². The molecule has 0 spiro atoms. The Morgan fingerprint density at radius 2 is 1.56 bits per heavy atom. The van der Waals surface area contributed by atoms with Crippen LogP contribution in [-0.4, -0.2) is 119 Å². The molecule has 0 aromatic heterocycles. The van der Waals surface area contributed by atoms with Crippen LogP contribution in [0.2, 0.25) is 0 Å². The highest BCUT2D eigenvalue weighted by Crippen LogP contribution is 2.22. The molecule has 11 N–H and O–H groups in total. The van der Waals surface area contributed by atoms with Crippen molar-refractivity contribution in [1.82, 2.24) is 31.5 Å². The van der Waals surface area contributed by atoms with E-state index in [4.69, 9.17) is 16.2 Å². The number of amides is 7. The molecule has 322 valence electrons. The molecule has 18 heteroatoms. The summed E-state index contributed by atoms with van der Waals surface area (Å²) in [5.41, 5.74) is 12.3. The molecule has 18 nitrogen and oxygen atoms in total. The molecule has 3 aliphatic rings. The third-order valence-corrected chi connectivity index (χ3v) is 10.8. The highest BCUT2D eigenvalue weighted by Gasteiger charge is 2.38. The van der Waals surface area contributed by atoms with Gasteiger partial charge in [-0.1, -0.05) is 58.4 Å². The predicted octanol–water partition coefficient (Wildman–Crippen LogP) is -1.12. The number of carbonyl (C=O) groups excluding carboxylic acids is 7. The Balaban J connectivity index is 1.57. The summed E-state index contributed by atoms with van der Waals surface area (Å²) in [5.74, 6) is -5.04. The van der Waals surface area contributed by atoms with E-state index in [9.17, 15) is 43.8 Å². The Morgan fingerprint density at radius 3 is 2.17 bits per heavy atom. The van der Waals surface area contributed by atoms with E-state index in [2.05, 4.69) is 26.6 Å². The number of hydrogen-bond donors (Lipinski definition) is 9. The van der Waals surface area contributed by atoms with Gasteiger partial charge in [-0.25, -0.2) is 0 Å². The molecule has 59 heavy (non-hydrogen) atoms. The molecule has 0 aliphatic carbocycles. The Kier molecular flexibility index (Phi) is 16.6. The van der Waals surface area contributed by atoms with E-state index < -0.39 is 96.7 Å². The van der Waals surface area contributed by atoms with Crippen molar-refractivity contribution in [3.63, 3.8) is 0 Å². The molecule has 3 heterocycles. The van der Waals surface area contributed by atoms with Gasteiger partial charge < -0.3 is 53.0 Å². The number of phenolic OH excluding ortho intramolecular Hbond substituents is 1. The maximum atomic E-state index is 13.9. The second-order valence-electron chi connectivity index (χ2n) is 15.7. The van der Waals surface area contributed by atoms with Crippen molar-refractivity contribution in [2.45, 2.75) is 109 Å². The zero-order chi connectivity index (χ0) is 43.4. The third kappa shape index (κ3) is 13.4. The van der Waals surface area contributed by atoms with Gasteiger partial charge in [-0.05, 0) is 73.0 Å². The van der Waals surface area contributed by atoms with Crippen LogP contribution >= 0.6 is 0 Å². The summed E-state index contributed by atoms with van der Waals surface area (Å²) in [6.45, 7) is 7.10. The highest BCUT2D eigenvalue weighted by molar-refractivity contribution is 5.95. The summed E-state index contributed by atoms with van der Waals surface area (Å²) in [6.07, 6.45) is -0.275. The average Bonchev–Trinajstić information content (AvgIpc) is 3.65. The number of aromatic hydroxyl groups is 1. The van der Waals surface area contributed by atoms with Crippen molar-refractivity contribution in [2.75, 3.05) is 19.7 Å². The molecule has 8 atom stereocenters. The number of nitrogens with zero attached hydrogens (tertiary/aromatic N) is 1. The fourth-order valence-electron chi connectivity index (χ4n) is 7.16. The van der Waals surface area contributed by atoms with Gasteiger partial charge in [-0.3, -0.25) is 38.5 Å². The maximum absolute atomic E-state index is 13.9. The van der Waals surface area contributed by atoms with Gasteiger partial charge in [-0.2, -0.15) is 0 Å². The monoisotopic (exact) mass is 822 g/mol. The van der Waals surface area contributed by atoms with Crippen molar-refractivity contribution < 1.29 is 48.5 Å². The molecule has 0 saturated carbocycles. The molecule has 2 aromatic carbocycles. The Morgan fingerprint density at radius 1 is 0.898 bits per heavy atom. The van der Waals surface area contributed by atoms with Gasteiger partial charge in [0.05, 0.1) is 24.6 Å². The molecule has 7 amide bonds. The minimum atomic E-state index is -1.50. The van der Waals surface area contributed by atoms with E-state index in [-0.39, 0.29) is 37.0 Å². The number of aliphatic hydroxyl groups excluding tert-OH is 1. The number of phenols is 1. The van der Waals surface area contributed by atoms with Crippen LogP contribution in [0.15, 0.2) is 48.5 Å². The molecule has 0 unspecified atom stereocenters. The maximum Gasteiger partial charge on any atom is 0.258 e. The first-order valence-electron chi connectivity index (χ1n) is 20.0. The predicted molar refractivity (Wildman–Crippen MR) is 215 cm³/mol. The first-order valence-corrected chi connectivity index (χ1v) is 20.0. The minimum absolute atomic E-state index is 0.00379. The molecule has 3 aliphatic heterocycles. The van der Waals surface area contributed by atoms with Crippen LogP contribution < -0.4 is 42.8 Å². The lowest BCUT2D eigenvalue weighted by Crippen LogP contribution is -2.60. The Bertz CT molecular complexity index is 1810. The standard InChI is InChI=1S/C41H58N8O10/c1-5-23(4)36(41(58)47-35(22(2)3)37(43)54)48-40(57)31-7-6-16-49(31)20-32(51)28-17-25-10-14-27(15-11-25)59-21-34(53)44-29(18-24-8-12-26(50)13-9-24)38(55)46-30(19-33(42)52)39(56)45-28/h8-15,22-23,28-32,35-36,50-51H,5-7,16-21H2,1-4H3,(H2,42,52)(H2,43,54)(H,44,53)(H,45,56)(H,46,55)(H,47,58)(H,48,57)/t23-,28-,29-,30-,31-,32+,35-,36-/m0/s1. The van der Waals surface area contributed by atoms with Gasteiger partial charge in [0, 0.05) is 13.0 Å². The number of fused-ring (bicyclic) bond motifs is 13. The van der Waals surface area contributed by atoms with Crippen LogP contribution in [0.25, 0.3) is 0 Å².